The van der Waals surface area contributed by atoms with Gasteiger partial charge in [-0.05, 0) is 48.2 Å². The smallest absolute Gasteiger partial charge is 0.274 e. The summed E-state index contributed by atoms with van der Waals surface area (Å²) in [7, 11) is 0. The van der Waals surface area contributed by atoms with E-state index in [0.29, 0.717) is 5.56 Å². The number of carbonyl (C=O) groups excluding carboxylic acids is 2. The maximum absolute atomic E-state index is 12.7. The number of hydrogen-bond acceptors (Lipinski definition) is 3. The Labute approximate surface area is 164 Å². The third-order valence-electron chi connectivity index (χ3n) is 4.48. The summed E-state index contributed by atoms with van der Waals surface area (Å²) < 4.78 is 0. The maximum Gasteiger partial charge on any atom is 0.274 e. The van der Waals surface area contributed by atoms with Crippen molar-refractivity contribution in [1.82, 2.24) is 4.98 Å². The molecule has 0 saturated carbocycles. The number of hydrogen-bond donors (Lipinski definition) is 2. The molecule has 2 amide bonds. The Bertz CT molecular complexity index is 1010. The first-order chi connectivity index (χ1) is 13.5. The second-order valence-electron chi connectivity index (χ2n) is 6.89. The topological polar surface area (TPSA) is 71.1 Å². The van der Waals surface area contributed by atoms with Crippen LogP contribution >= 0.6 is 0 Å². The molecule has 0 saturated heterocycles. The summed E-state index contributed by atoms with van der Waals surface area (Å²) >= 11 is 0. The Balaban J connectivity index is 1.78. The highest BCUT2D eigenvalue weighted by molar-refractivity contribution is 6.08. The molecule has 3 rings (SSSR count). The summed E-state index contributed by atoms with van der Waals surface area (Å²) in [6.45, 7) is 6.07. The van der Waals surface area contributed by atoms with E-state index in [9.17, 15) is 9.59 Å². The summed E-state index contributed by atoms with van der Waals surface area (Å²) in [5.41, 5.74) is 4.06. The van der Waals surface area contributed by atoms with Crippen molar-refractivity contribution in [3.63, 3.8) is 0 Å². The standard InChI is InChI=1S/C23H23N3O2/c1-15(2)18-9-5-7-11-20(18)26-22(27)17-12-13-24-21(14-17)23(28)25-19-10-6-4-8-16(19)3/h4-15H,1-3H3,(H,25,28)(H,26,27). The first-order valence-corrected chi connectivity index (χ1v) is 9.19. The molecule has 0 atom stereocenters. The summed E-state index contributed by atoms with van der Waals surface area (Å²) in [5.74, 6) is -0.351. The lowest BCUT2D eigenvalue weighted by atomic mass is 10.0. The Morgan fingerprint density at radius 1 is 0.857 bits per heavy atom. The van der Waals surface area contributed by atoms with Crippen LogP contribution in [0.25, 0.3) is 0 Å². The lowest BCUT2D eigenvalue weighted by Crippen LogP contribution is -2.18. The zero-order chi connectivity index (χ0) is 20.1. The molecule has 0 fully saturated rings. The lowest BCUT2D eigenvalue weighted by molar-refractivity contribution is 0.102. The van der Waals surface area contributed by atoms with Crippen LogP contribution in [0.1, 0.15) is 51.7 Å². The van der Waals surface area contributed by atoms with Crippen molar-refractivity contribution in [2.75, 3.05) is 10.6 Å². The lowest BCUT2D eigenvalue weighted by Gasteiger charge is -2.14. The van der Waals surface area contributed by atoms with Gasteiger partial charge in [0.05, 0.1) is 0 Å². The van der Waals surface area contributed by atoms with Crippen LogP contribution in [0.2, 0.25) is 0 Å². The number of para-hydroxylation sites is 2. The van der Waals surface area contributed by atoms with E-state index in [1.54, 1.807) is 6.07 Å². The number of aromatic nitrogens is 1. The Morgan fingerprint density at radius 3 is 2.21 bits per heavy atom. The molecular weight excluding hydrogens is 350 g/mol. The average Bonchev–Trinajstić information content (AvgIpc) is 2.70. The minimum Gasteiger partial charge on any atom is -0.322 e. The quantitative estimate of drug-likeness (QED) is 0.660. The van der Waals surface area contributed by atoms with Crippen molar-refractivity contribution in [2.24, 2.45) is 0 Å². The van der Waals surface area contributed by atoms with Crippen LogP contribution in [-0.2, 0) is 0 Å². The minimum atomic E-state index is -0.355. The van der Waals surface area contributed by atoms with Gasteiger partial charge in [0, 0.05) is 23.1 Å². The molecule has 0 radical (unpaired) electrons. The first-order valence-electron chi connectivity index (χ1n) is 9.19. The fourth-order valence-electron chi connectivity index (χ4n) is 2.90. The number of pyridine rings is 1. The van der Waals surface area contributed by atoms with E-state index in [1.165, 1.54) is 12.3 Å². The molecule has 2 aromatic carbocycles. The SMILES string of the molecule is Cc1ccccc1NC(=O)c1cc(C(=O)Nc2ccccc2C(C)C)ccn1. The van der Waals surface area contributed by atoms with Gasteiger partial charge >= 0.3 is 0 Å². The largest absolute Gasteiger partial charge is 0.322 e. The molecule has 0 aliphatic carbocycles. The van der Waals surface area contributed by atoms with Gasteiger partial charge in [-0.1, -0.05) is 50.2 Å². The van der Waals surface area contributed by atoms with Crippen molar-refractivity contribution in [2.45, 2.75) is 26.7 Å². The van der Waals surface area contributed by atoms with Crippen molar-refractivity contribution in [3.8, 4) is 0 Å². The molecular formula is C23H23N3O2. The zero-order valence-corrected chi connectivity index (χ0v) is 16.2. The van der Waals surface area contributed by atoms with Gasteiger partial charge in [-0.2, -0.15) is 0 Å². The summed E-state index contributed by atoms with van der Waals surface area (Å²) in [6, 6.07) is 18.3. The molecule has 0 spiro atoms. The molecule has 0 bridgehead atoms. The molecule has 2 N–H and O–H groups in total. The molecule has 1 heterocycles. The van der Waals surface area contributed by atoms with E-state index in [2.05, 4.69) is 29.5 Å². The van der Waals surface area contributed by atoms with Crippen LogP contribution in [0.3, 0.4) is 0 Å². The molecule has 0 aliphatic rings. The summed E-state index contributed by atoms with van der Waals surface area (Å²) in [6.07, 6.45) is 1.47. The van der Waals surface area contributed by atoms with Gasteiger partial charge in [-0.25, -0.2) is 0 Å². The van der Waals surface area contributed by atoms with Gasteiger partial charge < -0.3 is 10.6 Å². The maximum atomic E-state index is 12.7. The first kappa shape index (κ1) is 19.3. The molecule has 5 nitrogen and oxygen atoms in total. The van der Waals surface area contributed by atoms with Crippen LogP contribution in [0.4, 0.5) is 11.4 Å². The van der Waals surface area contributed by atoms with Crippen molar-refractivity contribution in [1.29, 1.82) is 0 Å². The highest BCUT2D eigenvalue weighted by atomic mass is 16.2. The Kier molecular flexibility index (Phi) is 5.84. The summed E-state index contributed by atoms with van der Waals surface area (Å²) in [4.78, 5) is 29.4. The van der Waals surface area contributed by atoms with E-state index in [0.717, 1.165) is 22.5 Å². The number of anilines is 2. The monoisotopic (exact) mass is 373 g/mol. The van der Waals surface area contributed by atoms with E-state index in [-0.39, 0.29) is 23.4 Å². The molecule has 1 aromatic heterocycles. The van der Waals surface area contributed by atoms with Crippen molar-refractivity contribution >= 4 is 23.2 Å². The van der Waals surface area contributed by atoms with Crippen molar-refractivity contribution in [3.05, 3.63) is 89.2 Å². The fourth-order valence-corrected chi connectivity index (χ4v) is 2.90. The number of nitrogens with zero attached hydrogens (tertiary/aromatic N) is 1. The third kappa shape index (κ3) is 4.43. The fraction of sp³-hybridized carbons (Fsp3) is 0.174. The minimum absolute atomic E-state index is 0.188. The molecule has 5 heteroatoms. The van der Waals surface area contributed by atoms with Crippen LogP contribution in [0.15, 0.2) is 66.9 Å². The van der Waals surface area contributed by atoms with Crippen LogP contribution in [-0.4, -0.2) is 16.8 Å². The third-order valence-corrected chi connectivity index (χ3v) is 4.48. The predicted molar refractivity (Wildman–Crippen MR) is 112 cm³/mol. The van der Waals surface area contributed by atoms with Crippen LogP contribution < -0.4 is 10.6 Å². The Morgan fingerprint density at radius 2 is 1.50 bits per heavy atom. The number of carbonyl (C=O) groups is 2. The van der Waals surface area contributed by atoms with Crippen LogP contribution in [0, 0.1) is 6.92 Å². The highest BCUT2D eigenvalue weighted by Crippen LogP contribution is 2.24. The normalized spacial score (nSPS) is 10.6. The molecule has 28 heavy (non-hydrogen) atoms. The van der Waals surface area contributed by atoms with Crippen molar-refractivity contribution < 1.29 is 9.59 Å². The van der Waals surface area contributed by atoms with Gasteiger partial charge in [0.2, 0.25) is 0 Å². The Hall–Kier alpha value is -3.47. The van der Waals surface area contributed by atoms with E-state index < -0.39 is 0 Å². The summed E-state index contributed by atoms with van der Waals surface area (Å²) in [5, 5.41) is 5.77. The van der Waals surface area contributed by atoms with Gasteiger partial charge in [0.25, 0.3) is 11.8 Å². The number of aryl methyl sites for hydroxylation is 1. The molecule has 0 unspecified atom stereocenters. The van der Waals surface area contributed by atoms with Crippen LogP contribution in [0.5, 0.6) is 0 Å². The zero-order valence-electron chi connectivity index (χ0n) is 16.2. The molecule has 142 valence electrons. The number of nitrogens with one attached hydrogen (secondary N) is 2. The predicted octanol–water partition coefficient (Wildman–Crippen LogP) is 5.02. The highest BCUT2D eigenvalue weighted by Gasteiger charge is 2.14. The number of amides is 2. The second-order valence-corrected chi connectivity index (χ2v) is 6.89. The molecule has 0 aliphatic heterocycles. The van der Waals surface area contributed by atoms with E-state index >= 15 is 0 Å². The number of benzene rings is 2. The number of rotatable bonds is 5. The average molecular weight is 373 g/mol. The van der Waals surface area contributed by atoms with Gasteiger partial charge in [-0.3, -0.25) is 14.6 Å². The van der Waals surface area contributed by atoms with Gasteiger partial charge in [-0.15, -0.1) is 0 Å². The van der Waals surface area contributed by atoms with E-state index in [1.807, 2.05) is 55.5 Å². The van der Waals surface area contributed by atoms with Gasteiger partial charge in [0.15, 0.2) is 0 Å². The van der Waals surface area contributed by atoms with E-state index in [4.69, 9.17) is 0 Å². The van der Waals surface area contributed by atoms with Gasteiger partial charge in [0.1, 0.15) is 5.69 Å². The second kappa shape index (κ2) is 8.48. The molecule has 3 aromatic rings.